The van der Waals surface area contributed by atoms with Gasteiger partial charge in [0, 0.05) is 17.3 Å². The highest BCUT2D eigenvalue weighted by Gasteiger charge is 2.15. The van der Waals surface area contributed by atoms with Crippen molar-refractivity contribution in [1.29, 1.82) is 0 Å². The third kappa shape index (κ3) is 6.37. The summed E-state index contributed by atoms with van der Waals surface area (Å²) in [5.41, 5.74) is 2.92. The van der Waals surface area contributed by atoms with E-state index in [1.807, 2.05) is 30.3 Å². The van der Waals surface area contributed by atoms with E-state index in [9.17, 15) is 14.4 Å². The third-order valence-corrected chi connectivity index (χ3v) is 4.80. The number of hydrogen-bond donors (Lipinski definition) is 3. The summed E-state index contributed by atoms with van der Waals surface area (Å²) in [7, 11) is 0. The second kappa shape index (κ2) is 10.9. The highest BCUT2D eigenvalue weighted by atomic mass is 16.2. The van der Waals surface area contributed by atoms with Crippen LogP contribution < -0.4 is 16.0 Å². The summed E-state index contributed by atoms with van der Waals surface area (Å²) >= 11 is 0. The van der Waals surface area contributed by atoms with E-state index in [1.165, 1.54) is 18.4 Å². The molecule has 160 valence electrons. The fourth-order valence-electron chi connectivity index (χ4n) is 3.16. The number of pyridine rings is 1. The first-order valence-electron chi connectivity index (χ1n) is 10.4. The van der Waals surface area contributed by atoms with E-state index in [0.29, 0.717) is 16.9 Å². The quantitative estimate of drug-likeness (QED) is 0.384. The first-order chi connectivity index (χ1) is 15.1. The van der Waals surface area contributed by atoms with Crippen LogP contribution in [-0.4, -0.2) is 29.3 Å². The van der Waals surface area contributed by atoms with Crippen LogP contribution in [0.5, 0.6) is 0 Å². The molecule has 0 aliphatic rings. The maximum Gasteiger partial charge on any atom is 0.313 e. The topological polar surface area (TPSA) is 100 Å². The fraction of sp³-hybridized carbons (Fsp3) is 0.250. The zero-order valence-electron chi connectivity index (χ0n) is 17.5. The van der Waals surface area contributed by atoms with Gasteiger partial charge in [-0.05, 0) is 42.7 Å². The summed E-state index contributed by atoms with van der Waals surface area (Å²) in [4.78, 5) is 40.6. The van der Waals surface area contributed by atoms with Crippen LogP contribution in [0.2, 0.25) is 0 Å². The number of benzene rings is 2. The second-order valence-electron chi connectivity index (χ2n) is 7.22. The van der Waals surface area contributed by atoms with Crippen LogP contribution in [0.1, 0.15) is 31.7 Å². The number of aromatic nitrogens is 1. The third-order valence-electron chi connectivity index (χ3n) is 4.80. The second-order valence-corrected chi connectivity index (χ2v) is 7.22. The number of hydrogen-bond acceptors (Lipinski definition) is 4. The van der Waals surface area contributed by atoms with E-state index < -0.39 is 17.7 Å². The molecule has 31 heavy (non-hydrogen) atoms. The number of nitrogens with one attached hydrogen (secondary N) is 3. The Labute approximate surface area is 181 Å². The lowest BCUT2D eigenvalue weighted by Gasteiger charge is -2.09. The molecule has 3 amide bonds. The van der Waals surface area contributed by atoms with Gasteiger partial charge in [-0.1, -0.05) is 50.1 Å². The van der Waals surface area contributed by atoms with E-state index in [-0.39, 0.29) is 6.54 Å². The minimum atomic E-state index is -0.877. The van der Waals surface area contributed by atoms with Gasteiger partial charge in [0.25, 0.3) is 0 Å². The molecule has 0 atom stereocenters. The Morgan fingerprint density at radius 2 is 1.65 bits per heavy atom. The summed E-state index contributed by atoms with van der Waals surface area (Å²) in [6.07, 6.45) is 6.11. The molecule has 0 aliphatic carbocycles. The lowest BCUT2D eigenvalue weighted by molar-refractivity contribution is -0.136. The molecule has 3 N–H and O–H groups in total. The smallest absolute Gasteiger partial charge is 0.313 e. The lowest BCUT2D eigenvalue weighted by Crippen LogP contribution is -2.39. The number of carbonyl (C=O) groups is 3. The molecule has 0 aliphatic heterocycles. The molecule has 0 fully saturated rings. The number of rotatable bonds is 8. The molecule has 7 heteroatoms. The van der Waals surface area contributed by atoms with Gasteiger partial charge in [-0.15, -0.1) is 0 Å². The molecule has 7 nitrogen and oxygen atoms in total. The number of unbranched alkanes of at least 4 members (excludes halogenated alkanes) is 2. The van der Waals surface area contributed by atoms with Crippen LogP contribution in [0.4, 0.5) is 11.4 Å². The molecule has 0 bridgehead atoms. The Balaban J connectivity index is 1.47. The van der Waals surface area contributed by atoms with Crippen LogP contribution in [0.25, 0.3) is 10.9 Å². The highest BCUT2D eigenvalue weighted by molar-refractivity contribution is 6.39. The standard InChI is InChI=1S/C24H26N4O3/c1-2-3-4-7-17-11-13-19(14-12-17)27-24(31)23(30)26-16-21(29)28-20-10-5-8-18-9-6-15-25-22(18)20/h5-6,8-15H,2-4,7,16H2,1H3,(H,26,30)(H,27,31)(H,28,29). The summed E-state index contributed by atoms with van der Waals surface area (Å²) in [5.74, 6) is -2.15. The average molecular weight is 418 g/mol. The molecule has 1 aromatic heterocycles. The van der Waals surface area contributed by atoms with Crippen LogP contribution in [0, 0.1) is 0 Å². The lowest BCUT2D eigenvalue weighted by atomic mass is 10.1. The number of anilines is 2. The van der Waals surface area contributed by atoms with Crippen molar-refractivity contribution in [2.75, 3.05) is 17.2 Å². The summed E-state index contributed by atoms with van der Waals surface area (Å²) < 4.78 is 0. The molecular formula is C24H26N4O3. The first kappa shape index (κ1) is 22.0. The van der Waals surface area contributed by atoms with Crippen molar-refractivity contribution in [2.45, 2.75) is 32.6 Å². The number of aryl methyl sites for hydroxylation is 1. The fourth-order valence-corrected chi connectivity index (χ4v) is 3.16. The normalized spacial score (nSPS) is 10.5. The summed E-state index contributed by atoms with van der Waals surface area (Å²) in [5, 5.41) is 8.47. The SMILES string of the molecule is CCCCCc1ccc(NC(=O)C(=O)NCC(=O)Nc2cccc3cccnc23)cc1. The minimum absolute atomic E-state index is 0.328. The van der Waals surface area contributed by atoms with Gasteiger partial charge in [0.1, 0.15) is 0 Å². The predicted octanol–water partition coefficient (Wildman–Crippen LogP) is 3.66. The molecule has 3 rings (SSSR count). The predicted molar refractivity (Wildman–Crippen MR) is 122 cm³/mol. The average Bonchev–Trinajstić information content (AvgIpc) is 2.79. The van der Waals surface area contributed by atoms with Crippen LogP contribution >= 0.6 is 0 Å². The van der Waals surface area contributed by atoms with Crippen molar-refractivity contribution in [1.82, 2.24) is 10.3 Å². The molecule has 2 aromatic carbocycles. The van der Waals surface area contributed by atoms with E-state index in [0.717, 1.165) is 18.2 Å². The Kier molecular flexibility index (Phi) is 7.70. The van der Waals surface area contributed by atoms with Crippen molar-refractivity contribution < 1.29 is 14.4 Å². The molecule has 0 saturated heterocycles. The zero-order chi connectivity index (χ0) is 22.1. The Bertz CT molecular complexity index is 1060. The van der Waals surface area contributed by atoms with Gasteiger partial charge < -0.3 is 16.0 Å². The molecule has 0 unspecified atom stereocenters. The van der Waals surface area contributed by atoms with E-state index in [2.05, 4.69) is 27.9 Å². The van der Waals surface area contributed by atoms with Gasteiger partial charge >= 0.3 is 11.8 Å². The maximum absolute atomic E-state index is 12.2. The van der Waals surface area contributed by atoms with Crippen molar-refractivity contribution in [3.05, 3.63) is 66.4 Å². The van der Waals surface area contributed by atoms with E-state index in [1.54, 1.807) is 30.5 Å². The van der Waals surface area contributed by atoms with Crippen molar-refractivity contribution in [3.8, 4) is 0 Å². The number of para-hydroxylation sites is 1. The van der Waals surface area contributed by atoms with E-state index in [4.69, 9.17) is 0 Å². The zero-order valence-corrected chi connectivity index (χ0v) is 17.5. The molecular weight excluding hydrogens is 392 g/mol. The number of fused-ring (bicyclic) bond motifs is 1. The monoisotopic (exact) mass is 418 g/mol. The Morgan fingerprint density at radius 3 is 2.42 bits per heavy atom. The van der Waals surface area contributed by atoms with Crippen molar-refractivity contribution >= 4 is 40.0 Å². The van der Waals surface area contributed by atoms with Gasteiger partial charge in [0.2, 0.25) is 5.91 Å². The summed E-state index contributed by atoms with van der Waals surface area (Å²) in [6, 6.07) is 16.5. The molecule has 0 spiro atoms. The van der Waals surface area contributed by atoms with Gasteiger partial charge in [-0.3, -0.25) is 19.4 Å². The number of carbonyl (C=O) groups excluding carboxylic acids is 3. The minimum Gasteiger partial charge on any atom is -0.339 e. The van der Waals surface area contributed by atoms with Crippen molar-refractivity contribution in [2.24, 2.45) is 0 Å². The molecule has 1 heterocycles. The van der Waals surface area contributed by atoms with Gasteiger partial charge in [0.05, 0.1) is 17.7 Å². The first-order valence-corrected chi connectivity index (χ1v) is 10.4. The van der Waals surface area contributed by atoms with Crippen LogP contribution in [0.3, 0.4) is 0 Å². The highest BCUT2D eigenvalue weighted by Crippen LogP contribution is 2.20. The summed E-state index contributed by atoms with van der Waals surface area (Å²) in [6.45, 7) is 1.83. The molecule has 0 saturated carbocycles. The van der Waals surface area contributed by atoms with Crippen LogP contribution in [-0.2, 0) is 20.8 Å². The van der Waals surface area contributed by atoms with Gasteiger partial charge in [0.15, 0.2) is 0 Å². The van der Waals surface area contributed by atoms with Crippen LogP contribution in [0.15, 0.2) is 60.8 Å². The van der Waals surface area contributed by atoms with Gasteiger partial charge in [-0.25, -0.2) is 0 Å². The van der Waals surface area contributed by atoms with E-state index >= 15 is 0 Å². The van der Waals surface area contributed by atoms with Crippen molar-refractivity contribution in [3.63, 3.8) is 0 Å². The Morgan fingerprint density at radius 1 is 0.871 bits per heavy atom. The maximum atomic E-state index is 12.2. The number of amides is 3. The molecule has 3 aromatic rings. The largest absolute Gasteiger partial charge is 0.339 e. The Hall–Kier alpha value is -3.74. The van der Waals surface area contributed by atoms with Gasteiger partial charge in [-0.2, -0.15) is 0 Å². The molecule has 0 radical (unpaired) electrons. The number of nitrogens with zero attached hydrogens (tertiary/aromatic N) is 1.